The summed E-state index contributed by atoms with van der Waals surface area (Å²) >= 11 is 0. The molecule has 180 valence electrons. The molecule has 0 aliphatic carbocycles. The largest absolute Gasteiger partial charge is 0.497 e. The molecule has 0 bridgehead atoms. The average Bonchev–Trinajstić information content (AvgIpc) is 3.35. The third-order valence-corrected chi connectivity index (χ3v) is 6.10. The fourth-order valence-electron chi connectivity index (χ4n) is 4.36. The van der Waals surface area contributed by atoms with Gasteiger partial charge in [0.05, 0.1) is 23.9 Å². The molecule has 0 saturated heterocycles. The highest BCUT2D eigenvalue weighted by atomic mass is 16.5. The Labute approximate surface area is 212 Å². The highest BCUT2D eigenvalue weighted by Crippen LogP contribution is 2.36. The fourth-order valence-corrected chi connectivity index (χ4v) is 4.36. The Morgan fingerprint density at radius 3 is 2.11 bits per heavy atom. The summed E-state index contributed by atoms with van der Waals surface area (Å²) in [5, 5.41) is 14.6. The lowest BCUT2D eigenvalue weighted by molar-refractivity contribution is 0.415. The van der Waals surface area contributed by atoms with Crippen molar-refractivity contribution in [2.45, 2.75) is 0 Å². The molecule has 3 aromatic carbocycles. The van der Waals surface area contributed by atoms with Gasteiger partial charge in [0.1, 0.15) is 11.6 Å². The van der Waals surface area contributed by atoms with Gasteiger partial charge in [-0.05, 0) is 35.4 Å². The molecular weight excluding hydrogens is 464 g/mol. The Balaban J connectivity index is 1.67. The topological polar surface area (TPSA) is 97.2 Å². The van der Waals surface area contributed by atoms with Crippen molar-refractivity contribution in [2.24, 2.45) is 0 Å². The molecule has 0 unspecified atom stereocenters. The second-order valence-corrected chi connectivity index (χ2v) is 8.36. The zero-order valence-corrected chi connectivity index (χ0v) is 19.9. The van der Waals surface area contributed by atoms with Crippen LogP contribution in [-0.4, -0.2) is 31.9 Å². The van der Waals surface area contributed by atoms with E-state index in [0.717, 1.165) is 22.4 Å². The van der Waals surface area contributed by atoms with Crippen LogP contribution in [0.3, 0.4) is 0 Å². The van der Waals surface area contributed by atoms with E-state index in [0.29, 0.717) is 34.2 Å². The summed E-state index contributed by atoms with van der Waals surface area (Å²) in [4.78, 5) is 19.1. The van der Waals surface area contributed by atoms with Gasteiger partial charge < -0.3 is 10.1 Å². The van der Waals surface area contributed by atoms with E-state index >= 15 is 0 Å². The number of hydrogen-bond donors (Lipinski definition) is 2. The van der Waals surface area contributed by atoms with Crippen LogP contribution in [0.2, 0.25) is 0 Å². The summed E-state index contributed by atoms with van der Waals surface area (Å²) in [6, 6.07) is 30.7. The predicted molar refractivity (Wildman–Crippen MR) is 144 cm³/mol. The molecule has 0 amide bonds. The molecule has 0 aliphatic rings. The van der Waals surface area contributed by atoms with Gasteiger partial charge in [-0.2, -0.15) is 9.61 Å². The van der Waals surface area contributed by atoms with E-state index in [9.17, 15) is 4.79 Å². The minimum atomic E-state index is -0.249. The SMILES string of the molecule is COc1ccc(-c2c(Nc3cccnn3)nc3c(-c4ccccc4)c(-c4ccccc4)[nH]n3c2=O)cc1. The van der Waals surface area contributed by atoms with Crippen LogP contribution in [-0.2, 0) is 0 Å². The number of fused-ring (bicyclic) bond motifs is 1. The minimum absolute atomic E-state index is 0.249. The summed E-state index contributed by atoms with van der Waals surface area (Å²) in [6.45, 7) is 0. The smallest absolute Gasteiger partial charge is 0.282 e. The normalized spacial score (nSPS) is 10.9. The number of H-pyrrole nitrogens is 1. The zero-order chi connectivity index (χ0) is 25.2. The van der Waals surface area contributed by atoms with E-state index in [2.05, 4.69) is 20.6 Å². The van der Waals surface area contributed by atoms with Gasteiger partial charge in [0.2, 0.25) is 0 Å². The maximum Gasteiger partial charge on any atom is 0.282 e. The molecule has 6 aromatic rings. The molecule has 0 spiro atoms. The molecule has 0 atom stereocenters. The first kappa shape index (κ1) is 22.2. The van der Waals surface area contributed by atoms with Crippen molar-refractivity contribution in [3.05, 3.63) is 114 Å². The van der Waals surface area contributed by atoms with Crippen LogP contribution >= 0.6 is 0 Å². The van der Waals surface area contributed by atoms with Crippen molar-refractivity contribution >= 4 is 17.3 Å². The third kappa shape index (κ3) is 4.10. The van der Waals surface area contributed by atoms with E-state index in [-0.39, 0.29) is 5.56 Å². The summed E-state index contributed by atoms with van der Waals surface area (Å²) in [5.41, 5.74) is 4.85. The van der Waals surface area contributed by atoms with Gasteiger partial charge in [0, 0.05) is 11.8 Å². The number of ether oxygens (including phenoxy) is 1. The lowest BCUT2D eigenvalue weighted by atomic mass is 10.0. The molecule has 2 N–H and O–H groups in total. The van der Waals surface area contributed by atoms with Crippen molar-refractivity contribution in [2.75, 3.05) is 12.4 Å². The lowest BCUT2D eigenvalue weighted by Crippen LogP contribution is -2.20. The van der Waals surface area contributed by atoms with Crippen molar-refractivity contribution in [1.29, 1.82) is 0 Å². The maximum absolute atomic E-state index is 14.1. The Morgan fingerprint density at radius 2 is 1.46 bits per heavy atom. The van der Waals surface area contributed by atoms with E-state index in [1.165, 1.54) is 4.52 Å². The second-order valence-electron chi connectivity index (χ2n) is 8.36. The van der Waals surface area contributed by atoms with E-state index in [1.54, 1.807) is 25.4 Å². The number of rotatable bonds is 6. The quantitative estimate of drug-likeness (QED) is 0.320. The minimum Gasteiger partial charge on any atom is -0.497 e. The number of methoxy groups -OCH3 is 1. The van der Waals surface area contributed by atoms with Crippen molar-refractivity contribution < 1.29 is 4.74 Å². The zero-order valence-electron chi connectivity index (χ0n) is 19.9. The standard InChI is InChI=1S/C29H22N6O2/c1-37-22-16-14-20(15-17-22)25-27(31-23-13-8-18-30-33-23)32-28-24(19-9-4-2-5-10-19)26(34-35(28)29(25)36)21-11-6-3-7-12-21/h2-18,34H,1H3,(H,31,33). The van der Waals surface area contributed by atoms with Gasteiger partial charge in [-0.1, -0.05) is 72.8 Å². The van der Waals surface area contributed by atoms with E-state index < -0.39 is 0 Å². The Morgan fingerprint density at radius 1 is 0.784 bits per heavy atom. The molecule has 8 heteroatoms. The molecule has 0 fully saturated rings. The number of nitrogens with zero attached hydrogens (tertiary/aromatic N) is 4. The lowest BCUT2D eigenvalue weighted by Gasteiger charge is -2.12. The highest BCUT2D eigenvalue weighted by molar-refractivity contribution is 5.92. The molecule has 0 saturated carbocycles. The molecule has 3 heterocycles. The monoisotopic (exact) mass is 486 g/mol. The molecule has 3 aromatic heterocycles. The van der Waals surface area contributed by atoms with Crippen molar-refractivity contribution in [3.8, 4) is 39.3 Å². The van der Waals surface area contributed by atoms with Crippen LogP contribution in [0.15, 0.2) is 108 Å². The predicted octanol–water partition coefficient (Wildman–Crippen LogP) is 5.57. The fraction of sp³-hybridized carbons (Fsp3) is 0.0345. The molecular formula is C29H22N6O2. The van der Waals surface area contributed by atoms with Crippen LogP contribution in [0.25, 0.3) is 39.2 Å². The second kappa shape index (κ2) is 9.43. The number of benzene rings is 3. The first-order chi connectivity index (χ1) is 18.2. The first-order valence-electron chi connectivity index (χ1n) is 11.7. The van der Waals surface area contributed by atoms with Gasteiger partial charge in [-0.25, -0.2) is 4.98 Å². The molecule has 8 nitrogen and oxygen atoms in total. The van der Waals surface area contributed by atoms with Crippen LogP contribution in [0.1, 0.15) is 0 Å². The molecule has 0 aliphatic heterocycles. The number of aromatic amines is 1. The van der Waals surface area contributed by atoms with Crippen LogP contribution in [0.4, 0.5) is 11.6 Å². The Kier molecular flexibility index (Phi) is 5.67. The first-order valence-corrected chi connectivity index (χ1v) is 11.7. The summed E-state index contributed by atoms with van der Waals surface area (Å²) in [7, 11) is 1.60. The highest BCUT2D eigenvalue weighted by Gasteiger charge is 2.23. The van der Waals surface area contributed by atoms with Gasteiger partial charge >= 0.3 is 0 Å². The van der Waals surface area contributed by atoms with Crippen molar-refractivity contribution in [1.82, 2.24) is 24.8 Å². The van der Waals surface area contributed by atoms with Gasteiger partial charge in [-0.15, -0.1) is 5.10 Å². The van der Waals surface area contributed by atoms with E-state index in [1.807, 2.05) is 84.9 Å². The van der Waals surface area contributed by atoms with Gasteiger partial charge in [0.15, 0.2) is 11.5 Å². The summed E-state index contributed by atoms with van der Waals surface area (Å²) in [6.07, 6.45) is 1.59. The van der Waals surface area contributed by atoms with Crippen LogP contribution in [0, 0.1) is 0 Å². The Hall–Kier alpha value is -5.24. The molecule has 37 heavy (non-hydrogen) atoms. The number of hydrogen-bond acceptors (Lipinski definition) is 6. The number of nitrogens with one attached hydrogen (secondary N) is 2. The molecule has 0 radical (unpaired) electrons. The number of anilines is 2. The van der Waals surface area contributed by atoms with Crippen LogP contribution < -0.4 is 15.6 Å². The average molecular weight is 487 g/mol. The number of aromatic nitrogens is 5. The van der Waals surface area contributed by atoms with Crippen LogP contribution in [0.5, 0.6) is 5.75 Å². The van der Waals surface area contributed by atoms with Crippen molar-refractivity contribution in [3.63, 3.8) is 0 Å². The maximum atomic E-state index is 14.1. The third-order valence-electron chi connectivity index (χ3n) is 6.10. The molecule has 6 rings (SSSR count). The summed E-state index contributed by atoms with van der Waals surface area (Å²) in [5.74, 6) is 1.55. The van der Waals surface area contributed by atoms with Gasteiger partial charge in [-0.3, -0.25) is 9.89 Å². The van der Waals surface area contributed by atoms with E-state index in [4.69, 9.17) is 9.72 Å². The summed E-state index contributed by atoms with van der Waals surface area (Å²) < 4.78 is 6.82. The Bertz CT molecular complexity index is 1730. The van der Waals surface area contributed by atoms with Gasteiger partial charge in [0.25, 0.3) is 5.56 Å².